The average Bonchev–Trinajstić information content (AvgIpc) is 3.25. The maximum Gasteiger partial charge on any atom is 0.253 e. The minimum absolute atomic E-state index is 0.0551. The van der Waals surface area contributed by atoms with Crippen LogP contribution in [-0.4, -0.2) is 22.7 Å². The zero-order chi connectivity index (χ0) is 25.6. The summed E-state index contributed by atoms with van der Waals surface area (Å²) in [7, 11) is 3.49. The molecule has 2 N–H and O–H groups in total. The van der Waals surface area contributed by atoms with Crippen LogP contribution in [-0.2, 0) is 7.05 Å². The minimum atomic E-state index is -0.238. The van der Waals surface area contributed by atoms with Crippen molar-refractivity contribution in [2.45, 2.75) is 26.8 Å². The normalized spacial score (nSPS) is 12.1. The molecule has 182 valence electrons. The molecule has 1 amide bonds. The lowest BCUT2D eigenvalue weighted by Crippen LogP contribution is -2.20. The molecule has 5 aromatic rings. The molecule has 0 aliphatic carbocycles. The molecule has 0 bridgehead atoms. The first-order valence-corrected chi connectivity index (χ1v) is 11.9. The van der Waals surface area contributed by atoms with Gasteiger partial charge in [0.25, 0.3) is 5.91 Å². The highest BCUT2D eigenvalue weighted by molar-refractivity contribution is 5.99. The Morgan fingerprint density at radius 2 is 1.86 bits per heavy atom. The maximum absolute atomic E-state index is 13.5. The van der Waals surface area contributed by atoms with E-state index >= 15 is 0 Å². The summed E-state index contributed by atoms with van der Waals surface area (Å²) in [5, 5.41) is 12.1. The van der Waals surface area contributed by atoms with Gasteiger partial charge in [0.05, 0.1) is 22.5 Å². The van der Waals surface area contributed by atoms with Crippen LogP contribution in [0.5, 0.6) is 0 Å². The van der Waals surface area contributed by atoms with Crippen LogP contribution in [0.3, 0.4) is 0 Å². The first-order valence-electron chi connectivity index (χ1n) is 11.9. The number of amides is 1. The molecule has 0 saturated carbocycles. The second kappa shape index (κ2) is 9.00. The molecule has 2 aromatic heterocycles. The second-order valence-electron chi connectivity index (χ2n) is 9.18. The van der Waals surface area contributed by atoms with Crippen molar-refractivity contribution >= 4 is 33.5 Å². The van der Waals surface area contributed by atoms with Gasteiger partial charge >= 0.3 is 0 Å². The summed E-state index contributed by atoms with van der Waals surface area (Å²) in [5.41, 5.74) is 5.81. The van der Waals surface area contributed by atoms with E-state index in [4.69, 9.17) is 4.42 Å². The molecule has 0 spiro atoms. The van der Waals surface area contributed by atoms with E-state index in [1.54, 1.807) is 24.7 Å². The topological polar surface area (TPSA) is 89.2 Å². The fourth-order valence-electron chi connectivity index (χ4n) is 4.71. The molecule has 0 aliphatic heterocycles. The molecule has 3 aromatic carbocycles. The van der Waals surface area contributed by atoms with Gasteiger partial charge in [-0.05, 0) is 62.7 Å². The van der Waals surface area contributed by atoms with Gasteiger partial charge in [-0.1, -0.05) is 18.2 Å². The van der Waals surface area contributed by atoms with E-state index in [2.05, 4.69) is 15.7 Å². The van der Waals surface area contributed by atoms with Crippen molar-refractivity contribution in [3.05, 3.63) is 93.3 Å². The van der Waals surface area contributed by atoms with E-state index in [9.17, 15) is 9.59 Å². The quantitative estimate of drug-likeness (QED) is 0.347. The summed E-state index contributed by atoms with van der Waals surface area (Å²) in [6.07, 6.45) is 1.94. The summed E-state index contributed by atoms with van der Waals surface area (Å²) in [5.74, 6) is 0.371. The number of carbonyl (C=O) groups excluding carboxylic acids is 1. The van der Waals surface area contributed by atoms with Crippen molar-refractivity contribution in [1.82, 2.24) is 15.1 Å². The molecule has 1 atom stereocenters. The van der Waals surface area contributed by atoms with E-state index in [1.807, 2.05) is 75.6 Å². The van der Waals surface area contributed by atoms with Crippen LogP contribution in [0, 0.1) is 13.8 Å². The lowest BCUT2D eigenvalue weighted by molar-refractivity contribution is 0.0964. The molecule has 7 heteroatoms. The lowest BCUT2D eigenvalue weighted by atomic mass is 9.98. The number of hydrogen-bond acceptors (Lipinski definition) is 5. The fourth-order valence-corrected chi connectivity index (χ4v) is 4.71. The fraction of sp³-hybridized carbons (Fsp3) is 0.207. The van der Waals surface area contributed by atoms with Gasteiger partial charge in [-0.2, -0.15) is 5.10 Å². The number of aryl methyl sites for hydroxylation is 2. The Balaban J connectivity index is 1.66. The standard InChI is InChI=1S/C29H28N4O3/c1-16-12-22(18(3)31-25-9-7-6-8-21(25)29(35)30-4)28-23(13-16)26(34)17(2)27(36-28)19-10-11-24-20(14-19)15-33(5)32-24/h6-15,18,31H,1-5H3,(H,30,35)/t18-/m1/s1. The number of aromatic nitrogens is 2. The number of nitrogens with zero attached hydrogens (tertiary/aromatic N) is 2. The van der Waals surface area contributed by atoms with Crippen molar-refractivity contribution in [3.8, 4) is 11.3 Å². The van der Waals surface area contributed by atoms with Gasteiger partial charge < -0.3 is 15.1 Å². The lowest BCUT2D eigenvalue weighted by Gasteiger charge is -2.20. The van der Waals surface area contributed by atoms with E-state index < -0.39 is 0 Å². The number of hydrogen-bond donors (Lipinski definition) is 2. The van der Waals surface area contributed by atoms with Crippen molar-refractivity contribution in [2.24, 2.45) is 7.05 Å². The third-order valence-corrected chi connectivity index (χ3v) is 6.51. The zero-order valence-corrected chi connectivity index (χ0v) is 21.0. The molecule has 36 heavy (non-hydrogen) atoms. The van der Waals surface area contributed by atoms with Gasteiger partial charge in [-0.25, -0.2) is 0 Å². The largest absolute Gasteiger partial charge is 0.455 e. The van der Waals surface area contributed by atoms with Crippen molar-refractivity contribution in [2.75, 3.05) is 12.4 Å². The average molecular weight is 481 g/mol. The Labute approximate surface area is 208 Å². The van der Waals surface area contributed by atoms with Gasteiger partial charge in [-0.15, -0.1) is 0 Å². The number of para-hydroxylation sites is 1. The monoisotopic (exact) mass is 480 g/mol. The first kappa shape index (κ1) is 23.4. The molecule has 0 unspecified atom stereocenters. The first-order chi connectivity index (χ1) is 17.3. The Kier molecular flexibility index (Phi) is 5.84. The minimum Gasteiger partial charge on any atom is -0.455 e. The number of rotatable bonds is 5. The number of carbonyl (C=O) groups is 1. The zero-order valence-electron chi connectivity index (χ0n) is 21.0. The summed E-state index contributed by atoms with van der Waals surface area (Å²) < 4.78 is 8.28. The van der Waals surface area contributed by atoms with Crippen LogP contribution in [0.25, 0.3) is 33.2 Å². The van der Waals surface area contributed by atoms with Gasteiger partial charge in [0, 0.05) is 48.1 Å². The second-order valence-corrected chi connectivity index (χ2v) is 9.18. The van der Waals surface area contributed by atoms with E-state index in [0.717, 1.165) is 27.6 Å². The van der Waals surface area contributed by atoms with Gasteiger partial charge in [-0.3, -0.25) is 14.3 Å². The smallest absolute Gasteiger partial charge is 0.253 e. The summed E-state index contributed by atoms with van der Waals surface area (Å²) in [4.78, 5) is 25.9. The van der Waals surface area contributed by atoms with Gasteiger partial charge in [0.2, 0.25) is 0 Å². The van der Waals surface area contributed by atoms with Gasteiger partial charge in [0.15, 0.2) is 5.43 Å². The molecule has 0 radical (unpaired) electrons. The maximum atomic E-state index is 13.5. The molecule has 0 fully saturated rings. The van der Waals surface area contributed by atoms with Crippen LogP contribution in [0.2, 0.25) is 0 Å². The van der Waals surface area contributed by atoms with Crippen LogP contribution in [0.4, 0.5) is 5.69 Å². The Morgan fingerprint density at radius 1 is 1.08 bits per heavy atom. The third-order valence-electron chi connectivity index (χ3n) is 6.51. The predicted molar refractivity (Wildman–Crippen MR) is 144 cm³/mol. The van der Waals surface area contributed by atoms with Gasteiger partial charge in [0.1, 0.15) is 11.3 Å². The Bertz CT molecular complexity index is 1700. The molecule has 7 nitrogen and oxygen atoms in total. The number of nitrogens with one attached hydrogen (secondary N) is 2. The van der Waals surface area contributed by atoms with E-state index in [-0.39, 0.29) is 17.4 Å². The van der Waals surface area contributed by atoms with Crippen molar-refractivity contribution in [3.63, 3.8) is 0 Å². The molecule has 0 aliphatic rings. The van der Waals surface area contributed by atoms with Crippen LogP contribution in [0.15, 0.2) is 70.0 Å². The number of benzene rings is 3. The molecular formula is C29H28N4O3. The molecule has 5 rings (SSSR count). The highest BCUT2D eigenvalue weighted by Gasteiger charge is 2.20. The van der Waals surface area contributed by atoms with E-state index in [0.29, 0.717) is 33.5 Å². The molecule has 2 heterocycles. The number of anilines is 1. The summed E-state index contributed by atoms with van der Waals surface area (Å²) >= 11 is 0. The molecular weight excluding hydrogens is 452 g/mol. The highest BCUT2D eigenvalue weighted by atomic mass is 16.3. The van der Waals surface area contributed by atoms with E-state index in [1.165, 1.54) is 0 Å². The third kappa shape index (κ3) is 4.02. The summed E-state index contributed by atoms with van der Waals surface area (Å²) in [6, 6.07) is 16.9. The van der Waals surface area contributed by atoms with Crippen LogP contribution >= 0.6 is 0 Å². The highest BCUT2D eigenvalue weighted by Crippen LogP contribution is 2.33. The molecule has 0 saturated heterocycles. The Hall–Kier alpha value is -4.39. The summed E-state index contributed by atoms with van der Waals surface area (Å²) in [6.45, 7) is 5.76. The van der Waals surface area contributed by atoms with Crippen molar-refractivity contribution in [1.29, 1.82) is 0 Å². The predicted octanol–water partition coefficient (Wildman–Crippen LogP) is 5.50. The van der Waals surface area contributed by atoms with Crippen LogP contribution in [0.1, 0.15) is 40.0 Å². The van der Waals surface area contributed by atoms with Crippen molar-refractivity contribution < 1.29 is 9.21 Å². The number of fused-ring (bicyclic) bond motifs is 2. The SMILES string of the molecule is CNC(=O)c1ccccc1N[C@H](C)c1cc(C)cc2c(=O)c(C)c(-c3ccc4nn(C)cc4c3)oc12. The van der Waals surface area contributed by atoms with Crippen LogP contribution < -0.4 is 16.1 Å². The Morgan fingerprint density at radius 3 is 2.64 bits per heavy atom.